The van der Waals surface area contributed by atoms with Crippen molar-refractivity contribution in [1.29, 1.82) is 0 Å². The standard InChI is InChI=1S/C15H15N3/c1-3-18-11(2)17-14-10-12(7-8-15(14)18)13-6-4-5-9-16-13/h4-10H,3H2,1-2H3. The van der Waals surface area contributed by atoms with E-state index in [-0.39, 0.29) is 0 Å². The molecule has 0 N–H and O–H groups in total. The molecule has 0 aliphatic rings. The van der Waals surface area contributed by atoms with Crippen molar-refractivity contribution in [1.82, 2.24) is 14.5 Å². The Bertz CT molecular complexity index is 684. The van der Waals surface area contributed by atoms with Gasteiger partial charge in [-0.15, -0.1) is 0 Å². The van der Waals surface area contributed by atoms with Crippen LogP contribution in [-0.4, -0.2) is 14.5 Å². The first-order chi connectivity index (χ1) is 8.79. The zero-order valence-corrected chi connectivity index (χ0v) is 10.6. The number of nitrogens with zero attached hydrogens (tertiary/aromatic N) is 3. The number of hydrogen-bond donors (Lipinski definition) is 0. The fraction of sp³-hybridized carbons (Fsp3) is 0.200. The molecule has 0 saturated heterocycles. The van der Waals surface area contributed by atoms with E-state index in [1.54, 1.807) is 0 Å². The first-order valence-electron chi connectivity index (χ1n) is 6.18. The molecule has 0 bridgehead atoms. The molecule has 18 heavy (non-hydrogen) atoms. The Morgan fingerprint density at radius 1 is 1.17 bits per heavy atom. The van der Waals surface area contributed by atoms with E-state index in [1.807, 2.05) is 31.3 Å². The fourth-order valence-corrected chi connectivity index (χ4v) is 2.34. The Morgan fingerprint density at radius 2 is 2.06 bits per heavy atom. The van der Waals surface area contributed by atoms with Crippen LogP contribution in [0.3, 0.4) is 0 Å². The number of aromatic nitrogens is 3. The van der Waals surface area contributed by atoms with Crippen LogP contribution in [0.15, 0.2) is 42.6 Å². The van der Waals surface area contributed by atoms with Crippen molar-refractivity contribution in [2.45, 2.75) is 20.4 Å². The van der Waals surface area contributed by atoms with E-state index in [9.17, 15) is 0 Å². The normalized spacial score (nSPS) is 11.0. The maximum absolute atomic E-state index is 4.61. The van der Waals surface area contributed by atoms with Crippen molar-refractivity contribution in [3.05, 3.63) is 48.4 Å². The van der Waals surface area contributed by atoms with Gasteiger partial charge >= 0.3 is 0 Å². The summed E-state index contributed by atoms with van der Waals surface area (Å²) in [6, 6.07) is 12.3. The average Bonchev–Trinajstić information content (AvgIpc) is 2.74. The fourth-order valence-electron chi connectivity index (χ4n) is 2.34. The van der Waals surface area contributed by atoms with Gasteiger partial charge in [0.1, 0.15) is 5.82 Å². The second kappa shape index (κ2) is 4.26. The molecule has 0 unspecified atom stereocenters. The first kappa shape index (κ1) is 11.0. The molecule has 0 saturated carbocycles. The summed E-state index contributed by atoms with van der Waals surface area (Å²) in [4.78, 5) is 8.98. The summed E-state index contributed by atoms with van der Waals surface area (Å²) >= 11 is 0. The number of imidazole rings is 1. The van der Waals surface area contributed by atoms with Crippen LogP contribution in [-0.2, 0) is 6.54 Å². The molecule has 1 aromatic carbocycles. The number of aryl methyl sites for hydroxylation is 2. The molecular weight excluding hydrogens is 222 g/mol. The monoisotopic (exact) mass is 237 g/mol. The number of pyridine rings is 1. The summed E-state index contributed by atoms with van der Waals surface area (Å²) in [6.07, 6.45) is 1.81. The predicted octanol–water partition coefficient (Wildman–Crippen LogP) is 3.43. The molecule has 2 aromatic heterocycles. The molecule has 90 valence electrons. The van der Waals surface area contributed by atoms with Gasteiger partial charge in [0.2, 0.25) is 0 Å². The Labute approximate surface area is 106 Å². The highest BCUT2D eigenvalue weighted by atomic mass is 15.1. The third kappa shape index (κ3) is 1.68. The minimum Gasteiger partial charge on any atom is -0.329 e. The molecule has 0 atom stereocenters. The van der Waals surface area contributed by atoms with Crippen LogP contribution < -0.4 is 0 Å². The van der Waals surface area contributed by atoms with E-state index in [0.29, 0.717) is 0 Å². The second-order valence-corrected chi connectivity index (χ2v) is 4.32. The number of benzene rings is 1. The summed E-state index contributed by atoms with van der Waals surface area (Å²) in [7, 11) is 0. The largest absolute Gasteiger partial charge is 0.329 e. The highest BCUT2D eigenvalue weighted by molar-refractivity contribution is 5.81. The third-order valence-electron chi connectivity index (χ3n) is 3.22. The Balaban J connectivity index is 2.18. The molecule has 2 heterocycles. The Hall–Kier alpha value is -2.16. The van der Waals surface area contributed by atoms with Crippen LogP contribution in [0, 0.1) is 6.92 Å². The molecule has 3 heteroatoms. The van der Waals surface area contributed by atoms with E-state index in [2.05, 4.69) is 39.7 Å². The van der Waals surface area contributed by atoms with Crippen molar-refractivity contribution in [3.8, 4) is 11.3 Å². The molecule has 0 amide bonds. The van der Waals surface area contributed by atoms with Crippen molar-refractivity contribution in [3.63, 3.8) is 0 Å². The quantitative estimate of drug-likeness (QED) is 0.683. The minimum atomic E-state index is 0.950. The lowest BCUT2D eigenvalue weighted by Crippen LogP contribution is -1.95. The zero-order chi connectivity index (χ0) is 12.5. The van der Waals surface area contributed by atoms with Gasteiger partial charge in [0.15, 0.2) is 0 Å². The lowest BCUT2D eigenvalue weighted by molar-refractivity contribution is 0.753. The maximum atomic E-state index is 4.61. The van der Waals surface area contributed by atoms with Gasteiger partial charge in [-0.1, -0.05) is 12.1 Å². The van der Waals surface area contributed by atoms with Gasteiger partial charge in [-0.2, -0.15) is 0 Å². The smallest absolute Gasteiger partial charge is 0.106 e. The average molecular weight is 237 g/mol. The van der Waals surface area contributed by atoms with E-state index >= 15 is 0 Å². The molecule has 0 radical (unpaired) electrons. The van der Waals surface area contributed by atoms with E-state index < -0.39 is 0 Å². The number of hydrogen-bond acceptors (Lipinski definition) is 2. The summed E-state index contributed by atoms with van der Waals surface area (Å²) in [5.41, 5.74) is 4.33. The van der Waals surface area contributed by atoms with E-state index in [1.165, 1.54) is 5.52 Å². The summed E-state index contributed by atoms with van der Waals surface area (Å²) in [5, 5.41) is 0. The van der Waals surface area contributed by atoms with Gasteiger partial charge in [0.25, 0.3) is 0 Å². The van der Waals surface area contributed by atoms with E-state index in [4.69, 9.17) is 0 Å². The molecule has 0 fully saturated rings. The van der Waals surface area contributed by atoms with Crippen LogP contribution in [0.2, 0.25) is 0 Å². The summed E-state index contributed by atoms with van der Waals surface area (Å²) in [5.74, 6) is 1.06. The topological polar surface area (TPSA) is 30.7 Å². The maximum Gasteiger partial charge on any atom is 0.106 e. The molecule has 3 nitrogen and oxygen atoms in total. The number of rotatable bonds is 2. The van der Waals surface area contributed by atoms with E-state index in [0.717, 1.165) is 29.1 Å². The van der Waals surface area contributed by atoms with Gasteiger partial charge < -0.3 is 4.57 Å². The van der Waals surface area contributed by atoms with Crippen LogP contribution in [0.1, 0.15) is 12.7 Å². The summed E-state index contributed by atoms with van der Waals surface area (Å²) < 4.78 is 2.22. The molecule has 0 aliphatic carbocycles. The van der Waals surface area contributed by atoms with Crippen LogP contribution in [0.4, 0.5) is 0 Å². The second-order valence-electron chi connectivity index (χ2n) is 4.32. The molecule has 3 rings (SSSR count). The Kier molecular flexibility index (Phi) is 2.59. The van der Waals surface area contributed by atoms with Gasteiger partial charge in [0, 0.05) is 18.3 Å². The van der Waals surface area contributed by atoms with Gasteiger partial charge in [-0.25, -0.2) is 4.98 Å². The minimum absolute atomic E-state index is 0.950. The van der Waals surface area contributed by atoms with Gasteiger partial charge in [0.05, 0.1) is 16.7 Å². The lowest BCUT2D eigenvalue weighted by atomic mass is 10.1. The van der Waals surface area contributed by atoms with Crippen LogP contribution in [0.5, 0.6) is 0 Å². The van der Waals surface area contributed by atoms with Crippen molar-refractivity contribution in [2.24, 2.45) is 0 Å². The molecule has 3 aromatic rings. The highest BCUT2D eigenvalue weighted by Crippen LogP contribution is 2.23. The van der Waals surface area contributed by atoms with Crippen LogP contribution in [0.25, 0.3) is 22.3 Å². The molecule has 0 aliphatic heterocycles. The van der Waals surface area contributed by atoms with Crippen LogP contribution >= 0.6 is 0 Å². The third-order valence-corrected chi connectivity index (χ3v) is 3.22. The number of fused-ring (bicyclic) bond motifs is 1. The Morgan fingerprint density at radius 3 is 2.78 bits per heavy atom. The van der Waals surface area contributed by atoms with Crippen molar-refractivity contribution in [2.75, 3.05) is 0 Å². The highest BCUT2D eigenvalue weighted by Gasteiger charge is 2.07. The zero-order valence-electron chi connectivity index (χ0n) is 10.6. The summed E-state index contributed by atoms with van der Waals surface area (Å²) in [6.45, 7) is 5.13. The molecule has 0 spiro atoms. The first-order valence-corrected chi connectivity index (χ1v) is 6.18. The van der Waals surface area contributed by atoms with Gasteiger partial charge in [-0.05, 0) is 38.1 Å². The predicted molar refractivity (Wildman–Crippen MR) is 73.4 cm³/mol. The SMILES string of the molecule is CCn1c(C)nc2cc(-c3ccccn3)ccc21. The van der Waals surface area contributed by atoms with Crippen molar-refractivity contribution >= 4 is 11.0 Å². The van der Waals surface area contributed by atoms with Crippen molar-refractivity contribution < 1.29 is 0 Å². The van der Waals surface area contributed by atoms with Gasteiger partial charge in [-0.3, -0.25) is 4.98 Å². The molecular formula is C15H15N3. The lowest BCUT2D eigenvalue weighted by Gasteiger charge is -2.03.